The van der Waals surface area contributed by atoms with Gasteiger partial charge in [0.2, 0.25) is 0 Å². The molecule has 0 aromatic heterocycles. The van der Waals surface area contributed by atoms with E-state index in [9.17, 15) is 24.0 Å². The first-order valence-electron chi connectivity index (χ1n) is 5.62. The first kappa shape index (κ1) is 13.7. The molecular formula is C13H10F2N2O3. The Kier molecular flexibility index (Phi) is 3.79. The summed E-state index contributed by atoms with van der Waals surface area (Å²) in [5.41, 5.74) is 0.0624. The molecule has 0 bridgehead atoms. The highest BCUT2D eigenvalue weighted by molar-refractivity contribution is 5.52. The van der Waals surface area contributed by atoms with Gasteiger partial charge < -0.3 is 10.4 Å². The Hall–Kier alpha value is -2.70. The van der Waals surface area contributed by atoms with Gasteiger partial charge in [0, 0.05) is 24.7 Å². The molecule has 0 fully saturated rings. The zero-order chi connectivity index (χ0) is 14.7. The second-order valence-corrected chi connectivity index (χ2v) is 4.09. The van der Waals surface area contributed by atoms with Gasteiger partial charge in [-0.25, -0.2) is 8.78 Å². The number of non-ortho nitro benzene ring substituents is 1. The predicted molar refractivity (Wildman–Crippen MR) is 68.4 cm³/mol. The van der Waals surface area contributed by atoms with E-state index in [-0.39, 0.29) is 23.7 Å². The van der Waals surface area contributed by atoms with Crippen molar-refractivity contribution in [3.63, 3.8) is 0 Å². The lowest BCUT2D eigenvalue weighted by atomic mass is 10.2. The minimum absolute atomic E-state index is 0.0173. The summed E-state index contributed by atoms with van der Waals surface area (Å²) in [4.78, 5) is 9.96. The lowest BCUT2D eigenvalue weighted by Crippen LogP contribution is -2.02. The van der Waals surface area contributed by atoms with Crippen LogP contribution in [0.15, 0.2) is 36.4 Å². The fourth-order valence-electron chi connectivity index (χ4n) is 1.69. The highest BCUT2D eigenvalue weighted by Crippen LogP contribution is 2.22. The molecule has 5 nitrogen and oxygen atoms in total. The van der Waals surface area contributed by atoms with E-state index in [1.54, 1.807) is 0 Å². The number of nitrogens with zero attached hydrogens (tertiary/aromatic N) is 1. The zero-order valence-corrected chi connectivity index (χ0v) is 10.1. The molecule has 2 aromatic rings. The molecule has 2 aromatic carbocycles. The Balaban J connectivity index is 2.18. The van der Waals surface area contributed by atoms with Crippen LogP contribution in [0.1, 0.15) is 5.56 Å². The molecule has 0 amide bonds. The second-order valence-electron chi connectivity index (χ2n) is 4.09. The molecule has 0 aliphatic heterocycles. The van der Waals surface area contributed by atoms with Crippen LogP contribution in [0.4, 0.5) is 20.2 Å². The number of hydrogen-bond acceptors (Lipinski definition) is 4. The SMILES string of the molecule is O=[N+]([O-])c1ccc(F)c(NCc2cc(O)cc(F)c2)c1. The minimum Gasteiger partial charge on any atom is -0.508 e. The van der Waals surface area contributed by atoms with Crippen LogP contribution < -0.4 is 5.32 Å². The van der Waals surface area contributed by atoms with E-state index in [0.29, 0.717) is 5.56 Å². The molecule has 0 aliphatic rings. The summed E-state index contributed by atoms with van der Waals surface area (Å²) in [6.45, 7) is 0.0173. The average molecular weight is 280 g/mol. The third kappa shape index (κ3) is 3.19. The standard InChI is InChI=1S/C13H10F2N2O3/c14-9-3-8(4-11(18)5-9)7-16-13-6-10(17(19)20)1-2-12(13)15/h1-6,16,18H,7H2. The van der Waals surface area contributed by atoms with Crippen LogP contribution in [0, 0.1) is 21.7 Å². The monoisotopic (exact) mass is 280 g/mol. The molecule has 0 spiro atoms. The van der Waals surface area contributed by atoms with Crippen molar-refractivity contribution in [3.05, 3.63) is 63.7 Å². The number of anilines is 1. The van der Waals surface area contributed by atoms with Crippen LogP contribution in [0.25, 0.3) is 0 Å². The summed E-state index contributed by atoms with van der Waals surface area (Å²) in [5, 5.41) is 22.5. The molecule has 0 unspecified atom stereocenters. The molecule has 2 rings (SSSR count). The predicted octanol–water partition coefficient (Wildman–Crippen LogP) is 3.19. The molecule has 7 heteroatoms. The molecule has 0 atom stereocenters. The maximum Gasteiger partial charge on any atom is 0.271 e. The van der Waals surface area contributed by atoms with Gasteiger partial charge in [0.1, 0.15) is 17.4 Å². The average Bonchev–Trinajstić information content (AvgIpc) is 2.36. The number of aromatic hydroxyl groups is 1. The summed E-state index contributed by atoms with van der Waals surface area (Å²) in [6, 6.07) is 6.50. The van der Waals surface area contributed by atoms with Crippen LogP contribution in [0.5, 0.6) is 5.75 Å². The van der Waals surface area contributed by atoms with E-state index in [2.05, 4.69) is 5.32 Å². The van der Waals surface area contributed by atoms with Crippen molar-refractivity contribution < 1.29 is 18.8 Å². The quantitative estimate of drug-likeness (QED) is 0.666. The first-order valence-corrected chi connectivity index (χ1v) is 5.62. The van der Waals surface area contributed by atoms with Crippen molar-refractivity contribution in [1.82, 2.24) is 0 Å². The van der Waals surface area contributed by atoms with Crippen molar-refractivity contribution in [1.29, 1.82) is 0 Å². The van der Waals surface area contributed by atoms with Crippen LogP contribution in [0.3, 0.4) is 0 Å². The number of benzene rings is 2. The van der Waals surface area contributed by atoms with Gasteiger partial charge in [0.05, 0.1) is 10.6 Å². The summed E-state index contributed by atoms with van der Waals surface area (Å²) in [5.74, 6) is -1.53. The number of rotatable bonds is 4. The van der Waals surface area contributed by atoms with Crippen LogP contribution in [-0.2, 0) is 6.54 Å². The molecule has 0 saturated carbocycles. The Labute approximate surface area is 112 Å². The largest absolute Gasteiger partial charge is 0.508 e. The smallest absolute Gasteiger partial charge is 0.271 e. The van der Waals surface area contributed by atoms with Crippen molar-refractivity contribution >= 4 is 11.4 Å². The Bertz CT molecular complexity index is 642. The third-order valence-electron chi connectivity index (χ3n) is 2.59. The van der Waals surface area contributed by atoms with Crippen LogP contribution in [-0.4, -0.2) is 10.0 Å². The molecule has 0 aliphatic carbocycles. The van der Waals surface area contributed by atoms with Crippen LogP contribution >= 0.6 is 0 Å². The number of nitro groups is 1. The molecule has 2 N–H and O–H groups in total. The molecule has 104 valence electrons. The maximum absolute atomic E-state index is 13.5. The normalized spacial score (nSPS) is 10.3. The summed E-state index contributed by atoms with van der Waals surface area (Å²) < 4.78 is 26.5. The van der Waals surface area contributed by atoms with Gasteiger partial charge in [-0.05, 0) is 23.8 Å². The first-order chi connectivity index (χ1) is 9.45. The van der Waals surface area contributed by atoms with E-state index >= 15 is 0 Å². The number of hydrogen-bond donors (Lipinski definition) is 2. The molecule has 0 radical (unpaired) electrons. The fraction of sp³-hybridized carbons (Fsp3) is 0.0769. The minimum atomic E-state index is -0.656. The van der Waals surface area contributed by atoms with Crippen molar-refractivity contribution in [3.8, 4) is 5.75 Å². The van der Waals surface area contributed by atoms with Gasteiger partial charge in [0.25, 0.3) is 5.69 Å². The lowest BCUT2D eigenvalue weighted by molar-refractivity contribution is -0.384. The topological polar surface area (TPSA) is 75.4 Å². The molecule has 0 saturated heterocycles. The number of nitrogens with one attached hydrogen (secondary N) is 1. The van der Waals surface area contributed by atoms with Gasteiger partial charge in [-0.15, -0.1) is 0 Å². The third-order valence-corrected chi connectivity index (χ3v) is 2.59. The van der Waals surface area contributed by atoms with Crippen LogP contribution in [0.2, 0.25) is 0 Å². The van der Waals surface area contributed by atoms with E-state index in [4.69, 9.17) is 0 Å². The van der Waals surface area contributed by atoms with Crippen molar-refractivity contribution in [2.45, 2.75) is 6.54 Å². The maximum atomic E-state index is 13.5. The summed E-state index contributed by atoms with van der Waals surface area (Å²) in [6.07, 6.45) is 0. The van der Waals surface area contributed by atoms with Gasteiger partial charge >= 0.3 is 0 Å². The van der Waals surface area contributed by atoms with Gasteiger partial charge in [-0.3, -0.25) is 10.1 Å². The molecular weight excluding hydrogens is 270 g/mol. The fourth-order valence-corrected chi connectivity index (χ4v) is 1.69. The van der Waals surface area contributed by atoms with Gasteiger partial charge in [-0.2, -0.15) is 0 Å². The summed E-state index contributed by atoms with van der Waals surface area (Å²) in [7, 11) is 0. The number of halogens is 2. The summed E-state index contributed by atoms with van der Waals surface area (Å²) >= 11 is 0. The Morgan fingerprint density at radius 2 is 1.95 bits per heavy atom. The van der Waals surface area contributed by atoms with E-state index in [0.717, 1.165) is 24.3 Å². The molecule has 20 heavy (non-hydrogen) atoms. The number of phenols is 1. The Morgan fingerprint density at radius 3 is 2.60 bits per heavy atom. The lowest BCUT2D eigenvalue weighted by Gasteiger charge is -2.08. The Morgan fingerprint density at radius 1 is 1.20 bits per heavy atom. The second kappa shape index (κ2) is 5.52. The van der Waals surface area contributed by atoms with E-state index in [1.165, 1.54) is 12.1 Å². The van der Waals surface area contributed by atoms with E-state index in [1.807, 2.05) is 0 Å². The van der Waals surface area contributed by atoms with Crippen molar-refractivity contribution in [2.24, 2.45) is 0 Å². The van der Waals surface area contributed by atoms with Gasteiger partial charge in [0.15, 0.2) is 0 Å². The van der Waals surface area contributed by atoms with Crippen molar-refractivity contribution in [2.75, 3.05) is 5.32 Å². The molecule has 0 heterocycles. The number of phenolic OH excluding ortho intramolecular Hbond substituents is 1. The highest BCUT2D eigenvalue weighted by atomic mass is 19.1. The number of nitro benzene ring substituents is 1. The zero-order valence-electron chi connectivity index (χ0n) is 10.1. The van der Waals surface area contributed by atoms with Gasteiger partial charge in [-0.1, -0.05) is 0 Å². The van der Waals surface area contributed by atoms with E-state index < -0.39 is 16.6 Å². The highest BCUT2D eigenvalue weighted by Gasteiger charge is 2.10.